The Bertz CT molecular complexity index is 625. The second kappa shape index (κ2) is 4.77. The molecule has 0 fully saturated rings. The van der Waals surface area contributed by atoms with Crippen LogP contribution in [-0.4, -0.2) is 16.3 Å². The summed E-state index contributed by atoms with van der Waals surface area (Å²) < 4.78 is 13.6. The molecule has 3 rings (SSSR count). The van der Waals surface area contributed by atoms with Crippen LogP contribution in [0, 0.1) is 0 Å². The Morgan fingerprint density at radius 2 is 2.26 bits per heavy atom. The number of aryl methyl sites for hydroxylation is 1. The Balaban J connectivity index is 2.05. The third kappa shape index (κ3) is 2.06. The number of nitrogens with two attached hydrogens (primary N) is 1. The van der Waals surface area contributed by atoms with E-state index in [0.29, 0.717) is 11.6 Å². The van der Waals surface area contributed by atoms with Gasteiger partial charge in [0.2, 0.25) is 6.79 Å². The zero-order chi connectivity index (χ0) is 13.4. The molecule has 0 radical (unpaired) electrons. The van der Waals surface area contributed by atoms with E-state index in [-0.39, 0.29) is 6.79 Å². The van der Waals surface area contributed by atoms with Crippen LogP contribution in [0.15, 0.2) is 22.9 Å². The van der Waals surface area contributed by atoms with Crippen LogP contribution in [0.1, 0.15) is 13.3 Å². The SMILES string of the molecule is CCCn1cnc(-c2cc(Br)c3c(c2)OCO3)c1N. The van der Waals surface area contributed by atoms with Crippen LogP contribution < -0.4 is 15.2 Å². The molecule has 0 saturated heterocycles. The van der Waals surface area contributed by atoms with Crippen LogP contribution in [0.5, 0.6) is 11.5 Å². The quantitative estimate of drug-likeness (QED) is 0.943. The van der Waals surface area contributed by atoms with Crippen LogP contribution in [-0.2, 0) is 6.54 Å². The molecule has 0 saturated carbocycles. The number of hydrogen-bond acceptors (Lipinski definition) is 4. The van der Waals surface area contributed by atoms with Crippen molar-refractivity contribution in [2.24, 2.45) is 0 Å². The minimum Gasteiger partial charge on any atom is -0.454 e. The first-order chi connectivity index (χ1) is 9.20. The number of imidazole rings is 1. The van der Waals surface area contributed by atoms with Crippen LogP contribution in [0.25, 0.3) is 11.3 Å². The first-order valence-electron chi connectivity index (χ1n) is 6.10. The van der Waals surface area contributed by atoms with Gasteiger partial charge in [-0.15, -0.1) is 0 Å². The summed E-state index contributed by atoms with van der Waals surface area (Å²) in [5.41, 5.74) is 7.82. The Hall–Kier alpha value is -1.69. The topological polar surface area (TPSA) is 62.3 Å². The lowest BCUT2D eigenvalue weighted by atomic mass is 10.1. The molecular weight excluding hydrogens is 310 g/mol. The van der Waals surface area contributed by atoms with Gasteiger partial charge in [0.05, 0.1) is 10.8 Å². The molecule has 19 heavy (non-hydrogen) atoms. The van der Waals surface area contributed by atoms with Gasteiger partial charge in [-0.05, 0) is 34.5 Å². The van der Waals surface area contributed by atoms with Gasteiger partial charge >= 0.3 is 0 Å². The Kier molecular flexibility index (Phi) is 3.10. The van der Waals surface area contributed by atoms with E-state index in [9.17, 15) is 0 Å². The maximum Gasteiger partial charge on any atom is 0.231 e. The summed E-state index contributed by atoms with van der Waals surface area (Å²) >= 11 is 3.48. The van der Waals surface area contributed by atoms with E-state index in [1.807, 2.05) is 16.7 Å². The van der Waals surface area contributed by atoms with Gasteiger partial charge in [0.1, 0.15) is 11.5 Å². The van der Waals surface area contributed by atoms with Gasteiger partial charge in [0.25, 0.3) is 0 Å². The smallest absolute Gasteiger partial charge is 0.231 e. The van der Waals surface area contributed by atoms with Crippen molar-refractivity contribution in [3.8, 4) is 22.8 Å². The maximum absolute atomic E-state index is 6.13. The summed E-state index contributed by atoms with van der Waals surface area (Å²) in [6.45, 7) is 3.22. The number of aromatic nitrogens is 2. The molecule has 0 amide bonds. The first-order valence-corrected chi connectivity index (χ1v) is 6.90. The van der Waals surface area contributed by atoms with Crippen molar-refractivity contribution in [1.82, 2.24) is 9.55 Å². The Morgan fingerprint density at radius 1 is 1.42 bits per heavy atom. The van der Waals surface area contributed by atoms with E-state index in [1.165, 1.54) is 0 Å². The molecule has 100 valence electrons. The molecule has 1 aliphatic heterocycles. The molecule has 0 aliphatic carbocycles. The average Bonchev–Trinajstić information content (AvgIpc) is 2.98. The molecule has 0 unspecified atom stereocenters. The monoisotopic (exact) mass is 323 g/mol. The maximum atomic E-state index is 6.13. The normalized spacial score (nSPS) is 12.9. The summed E-state index contributed by atoms with van der Waals surface area (Å²) in [5.74, 6) is 2.12. The number of nitrogen functional groups attached to an aromatic ring is 1. The van der Waals surface area contributed by atoms with Crippen LogP contribution in [0.2, 0.25) is 0 Å². The minimum absolute atomic E-state index is 0.247. The summed E-state index contributed by atoms with van der Waals surface area (Å²) in [5, 5.41) is 0. The number of nitrogens with zero attached hydrogens (tertiary/aromatic N) is 2. The first kappa shape index (κ1) is 12.3. The predicted octanol–water partition coefficient (Wildman–Crippen LogP) is 3.03. The van der Waals surface area contributed by atoms with E-state index in [1.54, 1.807) is 6.33 Å². The summed E-state index contributed by atoms with van der Waals surface area (Å²) in [6, 6.07) is 3.85. The molecule has 1 aliphatic rings. The molecule has 1 aromatic carbocycles. The van der Waals surface area contributed by atoms with Crippen molar-refractivity contribution < 1.29 is 9.47 Å². The lowest BCUT2D eigenvalue weighted by Crippen LogP contribution is -2.01. The minimum atomic E-state index is 0.247. The number of halogens is 1. The molecule has 2 heterocycles. The van der Waals surface area contributed by atoms with Crippen LogP contribution >= 0.6 is 15.9 Å². The molecule has 6 heteroatoms. The number of hydrogen-bond donors (Lipinski definition) is 1. The number of anilines is 1. The molecule has 0 bridgehead atoms. The second-order valence-electron chi connectivity index (χ2n) is 4.36. The molecule has 0 spiro atoms. The van der Waals surface area contributed by atoms with E-state index >= 15 is 0 Å². The summed E-state index contributed by atoms with van der Waals surface area (Å²) in [7, 11) is 0. The average molecular weight is 324 g/mol. The van der Waals surface area contributed by atoms with Crippen molar-refractivity contribution in [3.63, 3.8) is 0 Å². The molecule has 2 N–H and O–H groups in total. The van der Waals surface area contributed by atoms with Crippen molar-refractivity contribution in [2.45, 2.75) is 19.9 Å². The molecule has 5 nitrogen and oxygen atoms in total. The molecular formula is C13H14BrN3O2. The van der Waals surface area contributed by atoms with Crippen LogP contribution in [0.4, 0.5) is 5.82 Å². The lowest BCUT2D eigenvalue weighted by molar-refractivity contribution is 0.173. The third-order valence-corrected chi connectivity index (χ3v) is 3.63. The number of fused-ring (bicyclic) bond motifs is 1. The highest BCUT2D eigenvalue weighted by Crippen LogP contribution is 2.42. The molecule has 1 aromatic heterocycles. The number of ether oxygens (including phenoxy) is 2. The third-order valence-electron chi connectivity index (χ3n) is 3.04. The highest BCUT2D eigenvalue weighted by atomic mass is 79.9. The number of rotatable bonds is 3. The highest BCUT2D eigenvalue weighted by molar-refractivity contribution is 9.10. The highest BCUT2D eigenvalue weighted by Gasteiger charge is 2.20. The number of benzene rings is 1. The van der Waals surface area contributed by atoms with Crippen molar-refractivity contribution in [2.75, 3.05) is 12.5 Å². The fourth-order valence-corrected chi connectivity index (χ4v) is 2.69. The Labute approximate surface area is 119 Å². The Morgan fingerprint density at radius 3 is 3.05 bits per heavy atom. The van der Waals surface area contributed by atoms with Crippen molar-refractivity contribution in [1.29, 1.82) is 0 Å². The van der Waals surface area contributed by atoms with Gasteiger partial charge in [-0.2, -0.15) is 0 Å². The fraction of sp³-hybridized carbons (Fsp3) is 0.308. The molecule has 2 aromatic rings. The van der Waals surface area contributed by atoms with Gasteiger partial charge in [0, 0.05) is 12.1 Å². The van der Waals surface area contributed by atoms with Gasteiger partial charge in [-0.25, -0.2) is 4.98 Å². The largest absolute Gasteiger partial charge is 0.454 e. The standard InChI is InChI=1S/C13H14BrN3O2/c1-2-3-17-6-16-11(13(17)15)8-4-9(14)12-10(5-8)18-7-19-12/h4-6H,2-3,7,15H2,1H3. The van der Waals surface area contributed by atoms with Gasteiger partial charge in [0.15, 0.2) is 11.5 Å². The zero-order valence-electron chi connectivity index (χ0n) is 10.5. The lowest BCUT2D eigenvalue weighted by Gasteiger charge is -2.06. The van der Waals surface area contributed by atoms with Crippen molar-refractivity contribution in [3.05, 3.63) is 22.9 Å². The molecule has 0 atom stereocenters. The van der Waals surface area contributed by atoms with Gasteiger partial charge in [-0.3, -0.25) is 0 Å². The van der Waals surface area contributed by atoms with E-state index in [0.717, 1.165) is 34.4 Å². The zero-order valence-corrected chi connectivity index (χ0v) is 12.1. The predicted molar refractivity (Wildman–Crippen MR) is 76.2 cm³/mol. The van der Waals surface area contributed by atoms with E-state index < -0.39 is 0 Å². The van der Waals surface area contributed by atoms with Gasteiger partial charge in [-0.1, -0.05) is 6.92 Å². The fourth-order valence-electron chi connectivity index (χ4n) is 2.14. The second-order valence-corrected chi connectivity index (χ2v) is 5.22. The summed E-state index contributed by atoms with van der Waals surface area (Å²) in [6.07, 6.45) is 2.79. The van der Waals surface area contributed by atoms with E-state index in [4.69, 9.17) is 15.2 Å². The van der Waals surface area contributed by atoms with Crippen molar-refractivity contribution >= 4 is 21.7 Å². The van der Waals surface area contributed by atoms with E-state index in [2.05, 4.69) is 27.8 Å². The van der Waals surface area contributed by atoms with Crippen LogP contribution in [0.3, 0.4) is 0 Å². The summed E-state index contributed by atoms with van der Waals surface area (Å²) in [4.78, 5) is 4.39. The van der Waals surface area contributed by atoms with Gasteiger partial charge < -0.3 is 19.8 Å².